The maximum absolute atomic E-state index is 12.7. The molecular formula is C20H18ClN3OS2. The van der Waals surface area contributed by atoms with E-state index < -0.39 is 0 Å². The number of aromatic nitrogens is 2. The Hall–Kier alpha value is -1.99. The molecule has 4 aromatic rings. The zero-order chi connectivity index (χ0) is 19.0. The van der Waals surface area contributed by atoms with Crippen LogP contribution in [0.3, 0.4) is 0 Å². The van der Waals surface area contributed by atoms with Crippen LogP contribution in [0.4, 0.5) is 0 Å². The fourth-order valence-corrected chi connectivity index (χ4v) is 4.98. The SMILES string of the molecule is C[C@@H](N[C@H](C)c1nc2scc(-c3cccs3)c2c(=O)[nH]1)c1ccc(Cl)cc1. The largest absolute Gasteiger partial charge is 0.309 e. The lowest BCUT2D eigenvalue weighted by Gasteiger charge is -2.20. The van der Waals surface area contributed by atoms with Gasteiger partial charge in [0.05, 0.1) is 11.4 Å². The molecular weight excluding hydrogens is 398 g/mol. The Bertz CT molecular complexity index is 1120. The number of halogens is 1. The van der Waals surface area contributed by atoms with Crippen molar-refractivity contribution in [3.8, 4) is 10.4 Å². The highest BCUT2D eigenvalue weighted by Crippen LogP contribution is 2.33. The predicted octanol–water partition coefficient (Wildman–Crippen LogP) is 5.78. The van der Waals surface area contributed by atoms with Crippen LogP contribution in [-0.2, 0) is 0 Å². The number of benzene rings is 1. The van der Waals surface area contributed by atoms with Crippen molar-refractivity contribution in [2.75, 3.05) is 0 Å². The highest BCUT2D eigenvalue weighted by molar-refractivity contribution is 7.18. The Morgan fingerprint density at radius 3 is 2.59 bits per heavy atom. The van der Waals surface area contributed by atoms with Crippen LogP contribution in [0.15, 0.2) is 52.0 Å². The molecule has 0 spiro atoms. The van der Waals surface area contributed by atoms with Gasteiger partial charge < -0.3 is 10.3 Å². The van der Waals surface area contributed by atoms with E-state index in [-0.39, 0.29) is 17.6 Å². The van der Waals surface area contributed by atoms with Gasteiger partial charge >= 0.3 is 0 Å². The molecule has 3 aromatic heterocycles. The normalized spacial score (nSPS) is 13.7. The van der Waals surface area contributed by atoms with Crippen molar-refractivity contribution in [1.82, 2.24) is 15.3 Å². The molecule has 0 saturated heterocycles. The monoisotopic (exact) mass is 415 g/mol. The summed E-state index contributed by atoms with van der Waals surface area (Å²) < 4.78 is 0. The number of hydrogen-bond acceptors (Lipinski definition) is 5. The molecule has 0 amide bonds. The molecule has 4 rings (SSSR count). The number of fused-ring (bicyclic) bond motifs is 1. The highest BCUT2D eigenvalue weighted by Gasteiger charge is 2.18. The Morgan fingerprint density at radius 2 is 1.89 bits per heavy atom. The molecule has 0 aliphatic heterocycles. The minimum absolute atomic E-state index is 0.0903. The fraction of sp³-hybridized carbons (Fsp3) is 0.200. The lowest BCUT2D eigenvalue weighted by Crippen LogP contribution is -2.26. The minimum atomic E-state index is -0.0972. The van der Waals surface area contributed by atoms with Gasteiger partial charge in [-0.05, 0) is 43.0 Å². The van der Waals surface area contributed by atoms with Gasteiger partial charge in [-0.3, -0.25) is 4.79 Å². The standard InChI is InChI=1S/C20H18ClN3OS2/c1-11(13-5-7-14(21)8-6-13)22-12(2)18-23-19(25)17-15(10-27-20(17)24-18)16-4-3-9-26-16/h3-12,22H,1-2H3,(H,23,24,25)/t11-,12-/m1/s1. The van der Waals surface area contributed by atoms with Crippen molar-refractivity contribution < 1.29 is 0 Å². The van der Waals surface area contributed by atoms with Crippen LogP contribution in [-0.4, -0.2) is 9.97 Å². The van der Waals surface area contributed by atoms with Gasteiger partial charge in [0.1, 0.15) is 10.7 Å². The lowest BCUT2D eigenvalue weighted by atomic mass is 10.1. The minimum Gasteiger partial charge on any atom is -0.309 e. The molecule has 2 N–H and O–H groups in total. The third-order valence-corrected chi connectivity index (χ3v) is 6.56. The summed E-state index contributed by atoms with van der Waals surface area (Å²) >= 11 is 9.10. The third kappa shape index (κ3) is 3.71. The summed E-state index contributed by atoms with van der Waals surface area (Å²) in [6.07, 6.45) is 0. The first-order valence-electron chi connectivity index (χ1n) is 8.59. The first-order chi connectivity index (χ1) is 13.0. The van der Waals surface area contributed by atoms with Crippen molar-refractivity contribution >= 4 is 44.5 Å². The molecule has 27 heavy (non-hydrogen) atoms. The Balaban J connectivity index is 1.62. The Kier molecular flexibility index (Phi) is 5.14. The van der Waals surface area contributed by atoms with Gasteiger partial charge in [0.25, 0.3) is 5.56 Å². The first kappa shape index (κ1) is 18.4. The smallest absolute Gasteiger partial charge is 0.260 e. The van der Waals surface area contributed by atoms with E-state index in [1.165, 1.54) is 11.3 Å². The summed E-state index contributed by atoms with van der Waals surface area (Å²) in [4.78, 5) is 22.3. The van der Waals surface area contributed by atoms with Gasteiger partial charge in [0.2, 0.25) is 0 Å². The summed E-state index contributed by atoms with van der Waals surface area (Å²) in [6, 6.07) is 11.8. The van der Waals surface area contributed by atoms with Crippen molar-refractivity contribution in [2.24, 2.45) is 0 Å². The van der Waals surface area contributed by atoms with Gasteiger partial charge in [-0.1, -0.05) is 29.8 Å². The van der Waals surface area contributed by atoms with Gasteiger partial charge in [-0.15, -0.1) is 22.7 Å². The second kappa shape index (κ2) is 7.56. The molecule has 0 aliphatic carbocycles. The van der Waals surface area contributed by atoms with Crippen molar-refractivity contribution in [3.05, 3.63) is 73.9 Å². The second-order valence-electron chi connectivity index (χ2n) is 6.42. The quantitative estimate of drug-likeness (QED) is 0.434. The summed E-state index contributed by atoms with van der Waals surface area (Å²) in [5.74, 6) is 0.646. The van der Waals surface area contributed by atoms with Crippen LogP contribution in [0.1, 0.15) is 37.3 Å². The van der Waals surface area contributed by atoms with Crippen LogP contribution < -0.4 is 10.9 Å². The summed E-state index contributed by atoms with van der Waals surface area (Å²) in [7, 11) is 0. The van der Waals surface area contributed by atoms with E-state index in [4.69, 9.17) is 16.6 Å². The maximum Gasteiger partial charge on any atom is 0.260 e. The number of hydrogen-bond donors (Lipinski definition) is 2. The second-order valence-corrected chi connectivity index (χ2v) is 8.66. The van der Waals surface area contributed by atoms with E-state index in [0.717, 1.165) is 25.9 Å². The predicted molar refractivity (Wildman–Crippen MR) is 115 cm³/mol. The molecule has 4 nitrogen and oxygen atoms in total. The van der Waals surface area contributed by atoms with Crippen LogP contribution in [0, 0.1) is 0 Å². The maximum atomic E-state index is 12.7. The number of thiophene rings is 2. The van der Waals surface area contributed by atoms with E-state index >= 15 is 0 Å². The zero-order valence-electron chi connectivity index (χ0n) is 14.8. The van der Waals surface area contributed by atoms with Crippen molar-refractivity contribution in [3.63, 3.8) is 0 Å². The fourth-order valence-electron chi connectivity index (χ4n) is 3.09. The molecule has 0 fully saturated rings. The summed E-state index contributed by atoms with van der Waals surface area (Å²) in [5.41, 5.74) is 2.00. The van der Waals surface area contributed by atoms with Gasteiger partial charge in [-0.25, -0.2) is 4.98 Å². The highest BCUT2D eigenvalue weighted by atomic mass is 35.5. The molecule has 0 bridgehead atoms. The zero-order valence-corrected chi connectivity index (χ0v) is 17.2. The van der Waals surface area contributed by atoms with Crippen LogP contribution in [0.5, 0.6) is 0 Å². The summed E-state index contributed by atoms with van der Waals surface area (Å²) in [6.45, 7) is 4.08. The van der Waals surface area contributed by atoms with E-state index in [0.29, 0.717) is 11.2 Å². The van der Waals surface area contributed by atoms with Crippen LogP contribution in [0.25, 0.3) is 20.7 Å². The van der Waals surface area contributed by atoms with Crippen molar-refractivity contribution in [1.29, 1.82) is 0 Å². The van der Waals surface area contributed by atoms with E-state index in [1.807, 2.05) is 54.1 Å². The lowest BCUT2D eigenvalue weighted by molar-refractivity contribution is 0.477. The number of nitrogens with zero attached hydrogens (tertiary/aromatic N) is 1. The van der Waals surface area contributed by atoms with E-state index in [2.05, 4.69) is 17.2 Å². The Labute approximate surface area is 169 Å². The molecule has 0 saturated carbocycles. The molecule has 138 valence electrons. The average molecular weight is 416 g/mol. The molecule has 0 radical (unpaired) electrons. The van der Waals surface area contributed by atoms with Gasteiger partial charge in [0.15, 0.2) is 0 Å². The number of aromatic amines is 1. The van der Waals surface area contributed by atoms with Gasteiger partial charge in [0, 0.05) is 26.9 Å². The van der Waals surface area contributed by atoms with Gasteiger partial charge in [-0.2, -0.15) is 0 Å². The molecule has 1 aromatic carbocycles. The molecule has 2 atom stereocenters. The number of rotatable bonds is 5. The molecule has 0 aliphatic rings. The van der Waals surface area contributed by atoms with Crippen LogP contribution >= 0.6 is 34.3 Å². The van der Waals surface area contributed by atoms with Crippen LogP contribution in [0.2, 0.25) is 5.02 Å². The molecule has 3 heterocycles. The average Bonchev–Trinajstić information content (AvgIpc) is 3.31. The topological polar surface area (TPSA) is 57.8 Å². The third-order valence-electron chi connectivity index (χ3n) is 4.53. The number of nitrogens with one attached hydrogen (secondary N) is 2. The van der Waals surface area contributed by atoms with E-state index in [9.17, 15) is 4.79 Å². The molecule has 7 heteroatoms. The molecule has 0 unspecified atom stereocenters. The van der Waals surface area contributed by atoms with E-state index in [1.54, 1.807) is 11.3 Å². The van der Waals surface area contributed by atoms with Crippen molar-refractivity contribution in [2.45, 2.75) is 25.9 Å². The first-order valence-corrected chi connectivity index (χ1v) is 10.7. The summed E-state index contributed by atoms with van der Waals surface area (Å²) in [5, 5.41) is 8.90. The number of H-pyrrole nitrogens is 1. The Morgan fingerprint density at radius 1 is 1.11 bits per heavy atom.